The molecule has 1 fully saturated rings. The average molecular weight is 510 g/mol. The number of thiophene rings is 1. The topological polar surface area (TPSA) is 142 Å². The lowest BCUT2D eigenvalue weighted by Gasteiger charge is -2.21. The third-order valence-electron chi connectivity index (χ3n) is 6.59. The van der Waals surface area contributed by atoms with E-state index in [-0.39, 0.29) is 36.2 Å². The van der Waals surface area contributed by atoms with E-state index in [1.807, 2.05) is 0 Å². The maximum absolute atomic E-state index is 12.9. The molecule has 0 spiro atoms. The summed E-state index contributed by atoms with van der Waals surface area (Å²) in [6.07, 6.45) is 5.84. The Morgan fingerprint density at radius 2 is 1.94 bits per heavy atom. The molecule has 0 saturated heterocycles. The molecule has 36 heavy (non-hydrogen) atoms. The quantitative estimate of drug-likeness (QED) is 0.403. The van der Waals surface area contributed by atoms with Crippen LogP contribution in [0.3, 0.4) is 0 Å². The smallest absolute Gasteiger partial charge is 0.287 e. The van der Waals surface area contributed by atoms with Crippen LogP contribution in [0.2, 0.25) is 0 Å². The minimum atomic E-state index is -0.554. The molecule has 5 rings (SSSR count). The van der Waals surface area contributed by atoms with Gasteiger partial charge in [0.1, 0.15) is 10.6 Å². The van der Waals surface area contributed by atoms with E-state index in [0.29, 0.717) is 39.2 Å². The number of anilines is 1. The zero-order valence-electron chi connectivity index (χ0n) is 19.9. The Morgan fingerprint density at radius 3 is 2.75 bits per heavy atom. The Balaban J connectivity index is 1.29. The molecule has 3 aromatic rings. The highest BCUT2D eigenvalue weighted by Crippen LogP contribution is 2.29. The standard InChI is InChI=1S/C25H27N5O5S/c1-13-19(22(32)26-10-14-5-3-2-4-6-14)20-23(33)29-21(30-25(20)36-13)24(34)27-11-15-7-8-17-16(9-15)28-18(31)12-35-17/h7-9,14H,2-6,10-12H2,1H3,(H,26,32)(H,27,34)(H,28,31)(H,29,30,33). The van der Waals surface area contributed by atoms with Crippen LogP contribution in [0.25, 0.3) is 10.2 Å². The first kappa shape index (κ1) is 24.0. The highest BCUT2D eigenvalue weighted by Gasteiger charge is 2.23. The number of H-pyrrole nitrogens is 1. The second-order valence-corrected chi connectivity index (χ2v) is 10.4. The molecule has 0 unspecified atom stereocenters. The van der Waals surface area contributed by atoms with Crippen molar-refractivity contribution in [3.63, 3.8) is 0 Å². The van der Waals surface area contributed by atoms with Crippen LogP contribution in [-0.2, 0) is 11.3 Å². The van der Waals surface area contributed by atoms with E-state index in [9.17, 15) is 19.2 Å². The van der Waals surface area contributed by atoms with Crippen molar-refractivity contribution in [3.8, 4) is 5.75 Å². The number of nitrogens with zero attached hydrogens (tertiary/aromatic N) is 1. The minimum Gasteiger partial charge on any atom is -0.482 e. The maximum Gasteiger partial charge on any atom is 0.287 e. The van der Waals surface area contributed by atoms with Gasteiger partial charge in [0.15, 0.2) is 6.61 Å². The van der Waals surface area contributed by atoms with Crippen molar-refractivity contribution in [2.75, 3.05) is 18.5 Å². The van der Waals surface area contributed by atoms with Gasteiger partial charge in [-0.1, -0.05) is 25.3 Å². The number of aryl methyl sites for hydroxylation is 1. The van der Waals surface area contributed by atoms with Crippen LogP contribution in [0, 0.1) is 12.8 Å². The fourth-order valence-electron chi connectivity index (χ4n) is 4.72. The molecule has 0 atom stereocenters. The molecule has 11 heteroatoms. The van der Waals surface area contributed by atoms with Gasteiger partial charge >= 0.3 is 0 Å². The molecular formula is C25H27N5O5S. The first-order valence-corrected chi connectivity index (χ1v) is 12.9. The SMILES string of the molecule is Cc1sc2nc(C(=O)NCc3ccc4c(c3)NC(=O)CO4)[nH]c(=O)c2c1C(=O)NCC1CCCCC1. The third kappa shape index (κ3) is 4.97. The highest BCUT2D eigenvalue weighted by atomic mass is 32.1. The first-order valence-electron chi connectivity index (χ1n) is 12.0. The van der Waals surface area contributed by atoms with Gasteiger partial charge in [0.25, 0.3) is 23.3 Å². The summed E-state index contributed by atoms with van der Waals surface area (Å²) in [7, 11) is 0. The van der Waals surface area contributed by atoms with E-state index in [1.54, 1.807) is 25.1 Å². The van der Waals surface area contributed by atoms with Crippen molar-refractivity contribution in [3.05, 3.63) is 50.4 Å². The van der Waals surface area contributed by atoms with Crippen molar-refractivity contribution in [2.45, 2.75) is 45.6 Å². The van der Waals surface area contributed by atoms with Crippen molar-refractivity contribution >= 4 is 45.0 Å². The van der Waals surface area contributed by atoms with Crippen LogP contribution in [0.15, 0.2) is 23.0 Å². The number of hydrogen-bond acceptors (Lipinski definition) is 7. The van der Waals surface area contributed by atoms with Crippen LogP contribution in [0.4, 0.5) is 5.69 Å². The van der Waals surface area contributed by atoms with E-state index < -0.39 is 11.5 Å². The summed E-state index contributed by atoms with van der Waals surface area (Å²) in [6, 6.07) is 5.21. The van der Waals surface area contributed by atoms with E-state index in [4.69, 9.17) is 4.74 Å². The number of ether oxygens (including phenoxy) is 1. The normalized spacial score (nSPS) is 15.6. The number of aromatic amines is 1. The molecule has 0 bridgehead atoms. The summed E-state index contributed by atoms with van der Waals surface area (Å²) >= 11 is 1.22. The summed E-state index contributed by atoms with van der Waals surface area (Å²) in [5, 5.41) is 8.65. The van der Waals surface area contributed by atoms with Gasteiger partial charge < -0.3 is 25.7 Å². The summed E-state index contributed by atoms with van der Waals surface area (Å²) in [4.78, 5) is 58.0. The van der Waals surface area contributed by atoms with E-state index >= 15 is 0 Å². The molecule has 1 aliphatic heterocycles. The second kappa shape index (κ2) is 10.1. The van der Waals surface area contributed by atoms with Gasteiger partial charge in [-0.3, -0.25) is 19.2 Å². The number of amides is 3. The Labute approximate surface area is 210 Å². The van der Waals surface area contributed by atoms with Crippen molar-refractivity contribution in [2.24, 2.45) is 5.92 Å². The predicted octanol–water partition coefficient (Wildman–Crippen LogP) is 2.86. The number of hydrogen-bond donors (Lipinski definition) is 4. The third-order valence-corrected chi connectivity index (χ3v) is 7.59. The van der Waals surface area contributed by atoms with E-state index in [2.05, 4.69) is 25.9 Å². The number of nitrogens with one attached hydrogen (secondary N) is 4. The lowest BCUT2D eigenvalue weighted by atomic mass is 9.89. The number of rotatable bonds is 6. The summed E-state index contributed by atoms with van der Waals surface area (Å²) in [5.41, 5.74) is 1.07. The second-order valence-electron chi connectivity index (χ2n) is 9.19. The zero-order chi connectivity index (χ0) is 25.2. The van der Waals surface area contributed by atoms with Crippen molar-refractivity contribution in [1.82, 2.24) is 20.6 Å². The molecule has 4 N–H and O–H groups in total. The highest BCUT2D eigenvalue weighted by molar-refractivity contribution is 7.19. The van der Waals surface area contributed by atoms with E-state index in [0.717, 1.165) is 18.4 Å². The van der Waals surface area contributed by atoms with Crippen molar-refractivity contribution < 1.29 is 19.1 Å². The monoisotopic (exact) mass is 509 g/mol. The zero-order valence-corrected chi connectivity index (χ0v) is 20.7. The molecule has 3 amide bonds. The fraction of sp³-hybridized carbons (Fsp3) is 0.400. The Kier molecular flexibility index (Phi) is 6.73. The number of carbonyl (C=O) groups is 3. The van der Waals surface area contributed by atoms with Gasteiger partial charge in [0, 0.05) is 18.0 Å². The minimum absolute atomic E-state index is 0.0311. The molecule has 1 saturated carbocycles. The number of benzene rings is 1. The molecule has 2 aliphatic rings. The average Bonchev–Trinajstić information content (AvgIpc) is 3.22. The largest absolute Gasteiger partial charge is 0.482 e. The van der Waals surface area contributed by atoms with Crippen LogP contribution in [-0.4, -0.2) is 40.8 Å². The first-order chi connectivity index (χ1) is 17.4. The maximum atomic E-state index is 12.9. The van der Waals surface area contributed by atoms with Crippen LogP contribution < -0.4 is 26.2 Å². The Morgan fingerprint density at radius 1 is 1.14 bits per heavy atom. The summed E-state index contributed by atoms with van der Waals surface area (Å²) in [6.45, 7) is 2.50. The molecule has 1 aliphatic carbocycles. The van der Waals surface area contributed by atoms with Gasteiger partial charge in [-0.05, 0) is 43.4 Å². The lowest BCUT2D eigenvalue weighted by molar-refractivity contribution is -0.118. The molecule has 3 heterocycles. The summed E-state index contributed by atoms with van der Waals surface area (Å²) in [5.74, 6) is -0.172. The van der Waals surface area contributed by atoms with Crippen LogP contribution in [0.1, 0.15) is 63.5 Å². The van der Waals surface area contributed by atoms with Gasteiger partial charge in [0.05, 0.1) is 16.6 Å². The van der Waals surface area contributed by atoms with Gasteiger partial charge in [0.2, 0.25) is 5.82 Å². The fourth-order valence-corrected chi connectivity index (χ4v) is 5.74. The molecule has 188 valence electrons. The van der Waals surface area contributed by atoms with E-state index in [1.165, 1.54) is 30.6 Å². The molecule has 1 aromatic carbocycles. The Hall–Kier alpha value is -3.73. The van der Waals surface area contributed by atoms with Crippen LogP contribution >= 0.6 is 11.3 Å². The molecule has 0 radical (unpaired) electrons. The number of carbonyl (C=O) groups excluding carboxylic acids is 3. The summed E-state index contributed by atoms with van der Waals surface area (Å²) < 4.78 is 5.34. The molecule has 2 aromatic heterocycles. The number of aromatic nitrogens is 2. The van der Waals surface area contributed by atoms with Crippen molar-refractivity contribution in [1.29, 1.82) is 0 Å². The Bertz CT molecular complexity index is 1410. The predicted molar refractivity (Wildman–Crippen MR) is 136 cm³/mol. The van der Waals surface area contributed by atoms with Gasteiger partial charge in [-0.15, -0.1) is 11.3 Å². The molecular weight excluding hydrogens is 482 g/mol. The molecule has 10 nitrogen and oxygen atoms in total. The number of fused-ring (bicyclic) bond motifs is 2. The van der Waals surface area contributed by atoms with Crippen LogP contribution in [0.5, 0.6) is 5.75 Å². The van der Waals surface area contributed by atoms with Gasteiger partial charge in [-0.2, -0.15) is 0 Å². The van der Waals surface area contributed by atoms with Gasteiger partial charge in [-0.25, -0.2) is 4.98 Å². The lowest BCUT2D eigenvalue weighted by Crippen LogP contribution is -2.31.